The molecule has 0 aliphatic heterocycles. The lowest BCUT2D eigenvalue weighted by atomic mass is 9.95. The van der Waals surface area contributed by atoms with Crippen LogP contribution in [0.3, 0.4) is 0 Å². The number of nitrogen functional groups attached to an aromatic ring is 1. The molecular formula is C14H16N2. The third-order valence-corrected chi connectivity index (χ3v) is 2.85. The van der Waals surface area contributed by atoms with Crippen molar-refractivity contribution in [2.45, 2.75) is 13.0 Å². The lowest BCUT2D eigenvalue weighted by molar-refractivity contribution is 0.865. The van der Waals surface area contributed by atoms with Crippen molar-refractivity contribution >= 4 is 5.69 Å². The number of para-hydroxylation sites is 1. The molecule has 4 N–H and O–H groups in total. The Bertz CT molecular complexity index is 446. The average molecular weight is 212 g/mol. The van der Waals surface area contributed by atoms with Gasteiger partial charge in [0.05, 0.1) is 6.04 Å². The van der Waals surface area contributed by atoms with E-state index in [1.807, 2.05) is 42.5 Å². The Balaban J connectivity index is 2.44. The molecule has 2 heteroatoms. The van der Waals surface area contributed by atoms with Crippen LogP contribution in [0.2, 0.25) is 0 Å². The van der Waals surface area contributed by atoms with Crippen LogP contribution in [0.5, 0.6) is 0 Å². The SMILES string of the molecule is Cc1ccccc1C(N)c1ccccc1N. The smallest absolute Gasteiger partial charge is 0.0574 e. The summed E-state index contributed by atoms with van der Waals surface area (Å²) >= 11 is 0. The number of nitrogens with two attached hydrogens (primary N) is 2. The van der Waals surface area contributed by atoms with Crippen LogP contribution in [0.25, 0.3) is 0 Å². The molecule has 0 fully saturated rings. The molecule has 0 heterocycles. The Morgan fingerprint density at radius 3 is 2.06 bits per heavy atom. The van der Waals surface area contributed by atoms with Crippen LogP contribution >= 0.6 is 0 Å². The highest BCUT2D eigenvalue weighted by Crippen LogP contribution is 2.26. The Kier molecular flexibility index (Phi) is 2.93. The second kappa shape index (κ2) is 4.37. The third-order valence-electron chi connectivity index (χ3n) is 2.85. The van der Waals surface area contributed by atoms with Gasteiger partial charge in [0, 0.05) is 5.69 Å². The first-order valence-corrected chi connectivity index (χ1v) is 5.35. The summed E-state index contributed by atoms with van der Waals surface area (Å²) in [6.45, 7) is 2.06. The second-order valence-electron chi connectivity index (χ2n) is 3.96. The van der Waals surface area contributed by atoms with Crippen LogP contribution in [0, 0.1) is 6.92 Å². The molecule has 1 atom stereocenters. The summed E-state index contributed by atoms with van der Waals surface area (Å²) < 4.78 is 0. The van der Waals surface area contributed by atoms with Crippen molar-refractivity contribution in [1.82, 2.24) is 0 Å². The van der Waals surface area contributed by atoms with Gasteiger partial charge in [-0.2, -0.15) is 0 Å². The average Bonchev–Trinajstić information content (AvgIpc) is 2.29. The Morgan fingerprint density at radius 1 is 0.875 bits per heavy atom. The van der Waals surface area contributed by atoms with Crippen molar-refractivity contribution in [3.8, 4) is 0 Å². The molecule has 82 valence electrons. The van der Waals surface area contributed by atoms with Gasteiger partial charge in [0.1, 0.15) is 0 Å². The number of hydrogen-bond acceptors (Lipinski definition) is 2. The van der Waals surface area contributed by atoms with Crippen molar-refractivity contribution in [3.05, 3.63) is 65.2 Å². The highest BCUT2D eigenvalue weighted by atomic mass is 14.7. The first kappa shape index (κ1) is 10.7. The minimum absolute atomic E-state index is 0.151. The van der Waals surface area contributed by atoms with Gasteiger partial charge in [-0.15, -0.1) is 0 Å². The molecule has 1 unspecified atom stereocenters. The molecule has 2 rings (SSSR count). The zero-order chi connectivity index (χ0) is 11.5. The van der Waals surface area contributed by atoms with E-state index in [2.05, 4.69) is 13.0 Å². The van der Waals surface area contributed by atoms with Crippen LogP contribution in [0.1, 0.15) is 22.7 Å². The van der Waals surface area contributed by atoms with Crippen LogP contribution in [0.4, 0.5) is 5.69 Å². The normalized spacial score (nSPS) is 12.4. The number of benzene rings is 2. The molecule has 0 saturated carbocycles. The van der Waals surface area contributed by atoms with Crippen LogP contribution < -0.4 is 11.5 Å². The molecule has 0 aromatic heterocycles. The third kappa shape index (κ3) is 1.92. The van der Waals surface area contributed by atoms with E-state index in [1.165, 1.54) is 5.56 Å². The number of rotatable bonds is 2. The summed E-state index contributed by atoms with van der Waals surface area (Å²) in [5.41, 5.74) is 16.2. The van der Waals surface area contributed by atoms with Gasteiger partial charge < -0.3 is 11.5 Å². The van der Waals surface area contributed by atoms with Crippen LogP contribution in [0.15, 0.2) is 48.5 Å². The minimum Gasteiger partial charge on any atom is -0.398 e. The van der Waals surface area contributed by atoms with Gasteiger partial charge in [-0.25, -0.2) is 0 Å². The summed E-state index contributed by atoms with van der Waals surface area (Å²) in [5.74, 6) is 0. The molecule has 2 aromatic carbocycles. The minimum atomic E-state index is -0.151. The fourth-order valence-electron chi connectivity index (χ4n) is 1.90. The van der Waals surface area contributed by atoms with Crippen molar-refractivity contribution in [2.24, 2.45) is 5.73 Å². The number of anilines is 1. The Morgan fingerprint density at radius 2 is 1.44 bits per heavy atom. The number of aryl methyl sites for hydroxylation is 1. The van der Waals surface area contributed by atoms with E-state index in [9.17, 15) is 0 Å². The molecule has 0 bridgehead atoms. The fraction of sp³-hybridized carbons (Fsp3) is 0.143. The summed E-state index contributed by atoms with van der Waals surface area (Å²) in [5, 5.41) is 0. The molecular weight excluding hydrogens is 196 g/mol. The first-order chi connectivity index (χ1) is 7.70. The van der Waals surface area contributed by atoms with E-state index >= 15 is 0 Å². The van der Waals surface area contributed by atoms with Gasteiger partial charge in [0.15, 0.2) is 0 Å². The highest BCUT2D eigenvalue weighted by Gasteiger charge is 2.12. The van der Waals surface area contributed by atoms with Gasteiger partial charge in [-0.3, -0.25) is 0 Å². The molecule has 16 heavy (non-hydrogen) atoms. The molecule has 0 saturated heterocycles. The highest BCUT2D eigenvalue weighted by molar-refractivity contribution is 5.51. The first-order valence-electron chi connectivity index (χ1n) is 5.35. The molecule has 0 spiro atoms. The van der Waals surface area contributed by atoms with Crippen molar-refractivity contribution < 1.29 is 0 Å². The Labute approximate surface area is 95.9 Å². The zero-order valence-corrected chi connectivity index (χ0v) is 9.35. The maximum Gasteiger partial charge on any atom is 0.0574 e. The summed E-state index contributed by atoms with van der Waals surface area (Å²) in [6, 6.07) is 15.7. The monoisotopic (exact) mass is 212 g/mol. The van der Waals surface area contributed by atoms with Gasteiger partial charge in [0.25, 0.3) is 0 Å². The Hall–Kier alpha value is -1.80. The van der Waals surface area contributed by atoms with Gasteiger partial charge in [-0.05, 0) is 29.7 Å². The second-order valence-corrected chi connectivity index (χ2v) is 3.96. The predicted molar refractivity (Wildman–Crippen MR) is 68.1 cm³/mol. The van der Waals surface area contributed by atoms with Gasteiger partial charge in [-0.1, -0.05) is 42.5 Å². The van der Waals surface area contributed by atoms with Crippen LogP contribution in [-0.4, -0.2) is 0 Å². The van der Waals surface area contributed by atoms with Crippen molar-refractivity contribution in [3.63, 3.8) is 0 Å². The number of hydrogen-bond donors (Lipinski definition) is 2. The lowest BCUT2D eigenvalue weighted by Gasteiger charge is -2.16. The standard InChI is InChI=1S/C14H16N2/c1-10-6-2-3-7-11(10)14(16)12-8-4-5-9-13(12)15/h2-9,14H,15-16H2,1H3. The summed E-state index contributed by atoms with van der Waals surface area (Å²) in [4.78, 5) is 0. The molecule has 0 amide bonds. The lowest BCUT2D eigenvalue weighted by Crippen LogP contribution is -2.14. The molecule has 0 aliphatic rings. The van der Waals surface area contributed by atoms with E-state index in [-0.39, 0.29) is 6.04 Å². The maximum absolute atomic E-state index is 6.24. The van der Waals surface area contributed by atoms with Crippen LogP contribution in [-0.2, 0) is 0 Å². The quantitative estimate of drug-likeness (QED) is 0.752. The molecule has 2 aromatic rings. The van der Waals surface area contributed by atoms with E-state index in [4.69, 9.17) is 11.5 Å². The van der Waals surface area contributed by atoms with E-state index < -0.39 is 0 Å². The van der Waals surface area contributed by atoms with E-state index in [1.54, 1.807) is 0 Å². The van der Waals surface area contributed by atoms with Crippen molar-refractivity contribution in [1.29, 1.82) is 0 Å². The summed E-state index contributed by atoms with van der Waals surface area (Å²) in [7, 11) is 0. The van der Waals surface area contributed by atoms with E-state index in [0.29, 0.717) is 0 Å². The fourth-order valence-corrected chi connectivity index (χ4v) is 1.90. The molecule has 2 nitrogen and oxygen atoms in total. The predicted octanol–water partition coefficient (Wildman–Crippen LogP) is 2.63. The van der Waals surface area contributed by atoms with Gasteiger partial charge >= 0.3 is 0 Å². The molecule has 0 radical (unpaired) electrons. The summed E-state index contributed by atoms with van der Waals surface area (Å²) in [6.07, 6.45) is 0. The van der Waals surface area contributed by atoms with E-state index in [0.717, 1.165) is 16.8 Å². The van der Waals surface area contributed by atoms with Crippen molar-refractivity contribution in [2.75, 3.05) is 5.73 Å². The topological polar surface area (TPSA) is 52.0 Å². The zero-order valence-electron chi connectivity index (χ0n) is 9.35. The largest absolute Gasteiger partial charge is 0.398 e. The molecule has 0 aliphatic carbocycles. The van der Waals surface area contributed by atoms with Gasteiger partial charge in [0.2, 0.25) is 0 Å². The maximum atomic E-state index is 6.24.